The van der Waals surface area contributed by atoms with Crippen molar-refractivity contribution in [3.05, 3.63) is 34.9 Å². The Morgan fingerprint density at radius 3 is 2.27 bits per heavy atom. The van der Waals surface area contributed by atoms with Gasteiger partial charge in [0.2, 0.25) is 0 Å². The summed E-state index contributed by atoms with van der Waals surface area (Å²) in [5, 5.41) is 0. The molecule has 60 valence electrons. The van der Waals surface area contributed by atoms with Crippen molar-refractivity contribution in [3.63, 3.8) is 0 Å². The van der Waals surface area contributed by atoms with E-state index < -0.39 is 0 Å². The SMILES string of the molecule is Cc1cccc(C(S)S)c1C. The Morgan fingerprint density at radius 1 is 1.18 bits per heavy atom. The van der Waals surface area contributed by atoms with Gasteiger partial charge in [0.05, 0.1) is 4.58 Å². The lowest BCUT2D eigenvalue weighted by molar-refractivity contribution is 1.24. The lowest BCUT2D eigenvalue weighted by Gasteiger charge is -2.09. The molecule has 0 atom stereocenters. The van der Waals surface area contributed by atoms with Crippen molar-refractivity contribution in [1.29, 1.82) is 0 Å². The molecule has 2 heteroatoms. The molecule has 0 aliphatic heterocycles. The Balaban J connectivity index is 3.17. The zero-order valence-corrected chi connectivity index (χ0v) is 8.49. The van der Waals surface area contributed by atoms with Gasteiger partial charge in [0.1, 0.15) is 0 Å². The van der Waals surface area contributed by atoms with Crippen LogP contribution < -0.4 is 0 Å². The number of hydrogen-bond donors (Lipinski definition) is 2. The summed E-state index contributed by atoms with van der Waals surface area (Å²) in [5.41, 5.74) is 3.80. The molecule has 0 amide bonds. The van der Waals surface area contributed by atoms with Gasteiger partial charge in [-0.05, 0) is 30.5 Å². The molecule has 1 aromatic carbocycles. The zero-order chi connectivity index (χ0) is 8.43. The maximum absolute atomic E-state index is 4.27. The molecule has 0 aromatic heterocycles. The van der Waals surface area contributed by atoms with E-state index in [1.165, 1.54) is 16.7 Å². The summed E-state index contributed by atoms with van der Waals surface area (Å²) in [6.07, 6.45) is 0. The third-order valence-corrected chi connectivity index (χ3v) is 2.48. The van der Waals surface area contributed by atoms with E-state index in [0.717, 1.165) is 0 Å². The van der Waals surface area contributed by atoms with Crippen LogP contribution in [0.25, 0.3) is 0 Å². The minimum absolute atomic E-state index is 0.0369. The monoisotopic (exact) mass is 184 g/mol. The van der Waals surface area contributed by atoms with Crippen molar-refractivity contribution in [2.75, 3.05) is 0 Å². The number of aryl methyl sites for hydroxylation is 1. The quantitative estimate of drug-likeness (QED) is 0.486. The highest BCUT2D eigenvalue weighted by molar-refractivity contribution is 7.98. The van der Waals surface area contributed by atoms with Crippen LogP contribution in [0.2, 0.25) is 0 Å². The lowest BCUT2D eigenvalue weighted by Crippen LogP contribution is -1.89. The maximum atomic E-state index is 4.27. The third-order valence-electron chi connectivity index (χ3n) is 1.92. The van der Waals surface area contributed by atoms with Crippen LogP contribution in [0.5, 0.6) is 0 Å². The molecular formula is C9H12S2. The molecule has 0 heterocycles. The molecule has 1 rings (SSSR count). The summed E-state index contributed by atoms with van der Waals surface area (Å²) in [4.78, 5) is 0. The van der Waals surface area contributed by atoms with Crippen LogP contribution >= 0.6 is 25.3 Å². The molecule has 0 saturated heterocycles. The standard InChI is InChI=1S/C9H12S2/c1-6-4-3-5-8(7(6)2)9(10)11/h3-5,9-11H,1-2H3. The van der Waals surface area contributed by atoms with Crippen LogP contribution in [-0.2, 0) is 0 Å². The number of thiol groups is 2. The van der Waals surface area contributed by atoms with Crippen LogP contribution in [0.4, 0.5) is 0 Å². The molecule has 0 radical (unpaired) electrons. The maximum Gasteiger partial charge on any atom is 0.0694 e. The van der Waals surface area contributed by atoms with Crippen molar-refractivity contribution >= 4 is 25.3 Å². The van der Waals surface area contributed by atoms with Gasteiger partial charge in [-0.15, -0.1) is 0 Å². The van der Waals surface area contributed by atoms with Gasteiger partial charge in [-0.1, -0.05) is 18.2 Å². The van der Waals surface area contributed by atoms with Gasteiger partial charge >= 0.3 is 0 Å². The highest BCUT2D eigenvalue weighted by Gasteiger charge is 2.04. The molecule has 0 nitrogen and oxygen atoms in total. The second kappa shape index (κ2) is 3.55. The van der Waals surface area contributed by atoms with Gasteiger partial charge in [-0.2, -0.15) is 25.3 Å². The minimum Gasteiger partial charge on any atom is -0.160 e. The molecule has 11 heavy (non-hydrogen) atoms. The van der Waals surface area contributed by atoms with E-state index in [4.69, 9.17) is 0 Å². The van der Waals surface area contributed by atoms with Gasteiger partial charge in [0.15, 0.2) is 0 Å². The summed E-state index contributed by atoms with van der Waals surface area (Å²) >= 11 is 8.54. The zero-order valence-electron chi connectivity index (χ0n) is 6.70. The summed E-state index contributed by atoms with van der Waals surface area (Å²) in [6, 6.07) is 6.20. The molecule has 0 saturated carbocycles. The lowest BCUT2D eigenvalue weighted by atomic mass is 10.1. The first-order chi connectivity index (χ1) is 5.13. The summed E-state index contributed by atoms with van der Waals surface area (Å²) in [5.74, 6) is 0. The van der Waals surface area contributed by atoms with Gasteiger partial charge in [-0.3, -0.25) is 0 Å². The summed E-state index contributed by atoms with van der Waals surface area (Å²) in [6.45, 7) is 4.20. The molecule has 0 fully saturated rings. The van der Waals surface area contributed by atoms with Crippen molar-refractivity contribution in [2.24, 2.45) is 0 Å². The number of hydrogen-bond acceptors (Lipinski definition) is 2. The Kier molecular flexibility index (Phi) is 2.90. The van der Waals surface area contributed by atoms with E-state index in [1.807, 2.05) is 6.07 Å². The molecule has 0 unspecified atom stereocenters. The first-order valence-electron chi connectivity index (χ1n) is 3.55. The fourth-order valence-electron chi connectivity index (χ4n) is 1.05. The second-order valence-corrected chi connectivity index (χ2v) is 4.10. The van der Waals surface area contributed by atoms with Crippen LogP contribution in [0.3, 0.4) is 0 Å². The average molecular weight is 184 g/mol. The van der Waals surface area contributed by atoms with Crippen molar-refractivity contribution in [3.8, 4) is 0 Å². The Hall–Kier alpha value is -0.0800. The Labute approximate surface area is 78.8 Å². The molecule has 0 bridgehead atoms. The highest BCUT2D eigenvalue weighted by Crippen LogP contribution is 2.27. The van der Waals surface area contributed by atoms with Gasteiger partial charge in [0.25, 0.3) is 0 Å². The fourth-order valence-corrected chi connectivity index (χ4v) is 1.61. The van der Waals surface area contributed by atoms with Gasteiger partial charge in [-0.25, -0.2) is 0 Å². The van der Waals surface area contributed by atoms with E-state index in [1.54, 1.807) is 0 Å². The van der Waals surface area contributed by atoms with Crippen molar-refractivity contribution in [2.45, 2.75) is 18.4 Å². The first-order valence-corrected chi connectivity index (χ1v) is 4.58. The first kappa shape index (κ1) is 9.01. The van der Waals surface area contributed by atoms with Gasteiger partial charge in [0, 0.05) is 0 Å². The van der Waals surface area contributed by atoms with Crippen LogP contribution in [0, 0.1) is 13.8 Å². The Bertz CT molecular complexity index is 254. The van der Waals surface area contributed by atoms with Crippen LogP contribution in [0.15, 0.2) is 18.2 Å². The van der Waals surface area contributed by atoms with Crippen LogP contribution in [-0.4, -0.2) is 0 Å². The van der Waals surface area contributed by atoms with Crippen molar-refractivity contribution in [1.82, 2.24) is 0 Å². The molecule has 0 spiro atoms. The largest absolute Gasteiger partial charge is 0.160 e. The molecule has 1 aromatic rings. The summed E-state index contributed by atoms with van der Waals surface area (Å²) in [7, 11) is 0. The van der Waals surface area contributed by atoms with E-state index in [9.17, 15) is 0 Å². The molecule has 0 aliphatic rings. The topological polar surface area (TPSA) is 0 Å². The number of benzene rings is 1. The average Bonchev–Trinajstić information content (AvgIpc) is 1.94. The van der Waals surface area contributed by atoms with Crippen LogP contribution in [0.1, 0.15) is 21.3 Å². The molecule has 0 N–H and O–H groups in total. The van der Waals surface area contributed by atoms with E-state index in [2.05, 4.69) is 51.2 Å². The predicted molar refractivity (Wildman–Crippen MR) is 56.6 cm³/mol. The van der Waals surface area contributed by atoms with E-state index >= 15 is 0 Å². The molecular weight excluding hydrogens is 172 g/mol. The van der Waals surface area contributed by atoms with E-state index in [0.29, 0.717) is 0 Å². The highest BCUT2D eigenvalue weighted by atomic mass is 32.2. The Morgan fingerprint density at radius 2 is 1.82 bits per heavy atom. The smallest absolute Gasteiger partial charge is 0.0694 e. The molecule has 0 aliphatic carbocycles. The minimum atomic E-state index is 0.0369. The normalized spacial score (nSPS) is 10.6. The predicted octanol–water partition coefficient (Wildman–Crippen LogP) is 3.16. The second-order valence-electron chi connectivity index (χ2n) is 2.66. The fraction of sp³-hybridized carbons (Fsp3) is 0.333. The van der Waals surface area contributed by atoms with Gasteiger partial charge < -0.3 is 0 Å². The summed E-state index contributed by atoms with van der Waals surface area (Å²) < 4.78 is 0.0369. The van der Waals surface area contributed by atoms with E-state index in [-0.39, 0.29) is 4.58 Å². The third kappa shape index (κ3) is 1.94. The van der Waals surface area contributed by atoms with Crippen molar-refractivity contribution < 1.29 is 0 Å². The number of rotatable bonds is 1.